The predicted octanol–water partition coefficient (Wildman–Crippen LogP) is 3.11. The zero-order valence-electron chi connectivity index (χ0n) is 14.7. The van der Waals surface area contributed by atoms with Gasteiger partial charge >= 0.3 is 0 Å². The number of ether oxygens (including phenoxy) is 1. The van der Waals surface area contributed by atoms with Crippen LogP contribution in [0.1, 0.15) is 19.3 Å². The zero-order chi connectivity index (χ0) is 17.9. The lowest BCUT2D eigenvalue weighted by Crippen LogP contribution is -2.28. The first-order valence-corrected chi connectivity index (χ1v) is 8.90. The van der Waals surface area contributed by atoms with Crippen molar-refractivity contribution in [3.05, 3.63) is 48.5 Å². The highest BCUT2D eigenvalue weighted by Gasteiger charge is 2.20. The smallest absolute Gasteiger partial charge is 0.228 e. The van der Waals surface area contributed by atoms with Gasteiger partial charge in [-0.1, -0.05) is 12.1 Å². The van der Waals surface area contributed by atoms with Crippen LogP contribution in [0.5, 0.6) is 5.75 Å². The maximum atomic E-state index is 12.5. The molecule has 2 heterocycles. The molecule has 1 aromatic heterocycles. The van der Waals surface area contributed by atoms with Crippen molar-refractivity contribution < 1.29 is 9.53 Å². The number of amides is 1. The van der Waals surface area contributed by atoms with Gasteiger partial charge in [0.15, 0.2) is 0 Å². The maximum absolute atomic E-state index is 12.5. The summed E-state index contributed by atoms with van der Waals surface area (Å²) in [7, 11) is 1.64. The lowest BCUT2D eigenvalue weighted by atomic mass is 10.1. The number of benzene rings is 2. The van der Waals surface area contributed by atoms with E-state index in [4.69, 9.17) is 4.74 Å². The van der Waals surface area contributed by atoms with Gasteiger partial charge in [-0.05, 0) is 55.8 Å². The SMILES string of the molecule is COc1ccc(-n2c(NC(=O)CC3CCCN3)nc3ccccc32)cc1. The molecule has 2 aromatic carbocycles. The lowest BCUT2D eigenvalue weighted by Gasteiger charge is -2.13. The quantitative estimate of drug-likeness (QED) is 0.742. The molecule has 4 rings (SSSR count). The number of methoxy groups -OCH3 is 1. The largest absolute Gasteiger partial charge is 0.497 e. The predicted molar refractivity (Wildman–Crippen MR) is 102 cm³/mol. The fourth-order valence-electron chi connectivity index (χ4n) is 3.43. The standard InChI is InChI=1S/C20H22N4O2/c1-26-16-10-8-15(9-11-16)24-18-7-3-2-6-17(18)22-20(24)23-19(25)13-14-5-4-12-21-14/h2-3,6-11,14,21H,4-5,12-13H2,1H3,(H,22,23,25). The minimum Gasteiger partial charge on any atom is -0.497 e. The van der Waals surface area contributed by atoms with Crippen LogP contribution in [-0.2, 0) is 4.79 Å². The van der Waals surface area contributed by atoms with E-state index in [2.05, 4.69) is 15.6 Å². The highest BCUT2D eigenvalue weighted by atomic mass is 16.5. The van der Waals surface area contributed by atoms with Gasteiger partial charge < -0.3 is 10.1 Å². The number of fused-ring (bicyclic) bond motifs is 1. The summed E-state index contributed by atoms with van der Waals surface area (Å²) in [6.07, 6.45) is 2.64. The summed E-state index contributed by atoms with van der Waals surface area (Å²) in [6.45, 7) is 0.988. The number of anilines is 1. The molecular weight excluding hydrogens is 328 g/mol. The second-order valence-electron chi connectivity index (χ2n) is 6.50. The fourth-order valence-corrected chi connectivity index (χ4v) is 3.43. The Balaban J connectivity index is 1.67. The van der Waals surface area contributed by atoms with Crippen LogP contribution >= 0.6 is 0 Å². The van der Waals surface area contributed by atoms with Crippen LogP contribution in [0.2, 0.25) is 0 Å². The molecule has 1 aliphatic heterocycles. The third-order valence-electron chi connectivity index (χ3n) is 4.74. The number of rotatable bonds is 5. The molecule has 1 saturated heterocycles. The van der Waals surface area contributed by atoms with Crippen LogP contribution in [-0.4, -0.2) is 35.2 Å². The number of nitrogens with zero attached hydrogens (tertiary/aromatic N) is 2. The van der Waals surface area contributed by atoms with Gasteiger partial charge in [0.05, 0.1) is 18.1 Å². The molecule has 26 heavy (non-hydrogen) atoms. The van der Waals surface area contributed by atoms with Crippen molar-refractivity contribution in [1.82, 2.24) is 14.9 Å². The minimum atomic E-state index is -0.0190. The van der Waals surface area contributed by atoms with E-state index in [9.17, 15) is 4.79 Å². The summed E-state index contributed by atoms with van der Waals surface area (Å²) in [5, 5.41) is 6.35. The molecule has 2 N–H and O–H groups in total. The number of carbonyl (C=O) groups excluding carboxylic acids is 1. The average Bonchev–Trinajstić information content (AvgIpc) is 3.29. The molecule has 1 unspecified atom stereocenters. The molecule has 1 fully saturated rings. The number of carbonyl (C=O) groups is 1. The second kappa shape index (κ2) is 7.17. The minimum absolute atomic E-state index is 0.0190. The van der Waals surface area contributed by atoms with Gasteiger partial charge in [-0.25, -0.2) is 4.98 Å². The van der Waals surface area contributed by atoms with Gasteiger partial charge in [-0.15, -0.1) is 0 Å². The van der Waals surface area contributed by atoms with E-state index in [1.165, 1.54) is 0 Å². The molecule has 3 aromatic rings. The average molecular weight is 350 g/mol. The first kappa shape index (κ1) is 16.6. The van der Waals surface area contributed by atoms with E-state index >= 15 is 0 Å². The number of imidazole rings is 1. The third kappa shape index (κ3) is 3.28. The molecule has 0 saturated carbocycles. The number of hydrogen-bond acceptors (Lipinski definition) is 4. The fraction of sp³-hybridized carbons (Fsp3) is 0.300. The summed E-state index contributed by atoms with van der Waals surface area (Å²) in [6, 6.07) is 15.8. The number of para-hydroxylation sites is 2. The monoisotopic (exact) mass is 350 g/mol. The normalized spacial score (nSPS) is 16.7. The van der Waals surface area contributed by atoms with E-state index in [1.54, 1.807) is 7.11 Å². The Hall–Kier alpha value is -2.86. The van der Waals surface area contributed by atoms with Gasteiger partial charge in [0.2, 0.25) is 11.9 Å². The summed E-state index contributed by atoms with van der Waals surface area (Å²) >= 11 is 0. The number of nitrogens with one attached hydrogen (secondary N) is 2. The second-order valence-corrected chi connectivity index (χ2v) is 6.50. The van der Waals surface area contributed by atoms with Crippen LogP contribution in [0, 0.1) is 0 Å². The Bertz CT molecular complexity index is 911. The number of hydrogen-bond donors (Lipinski definition) is 2. The molecule has 1 atom stereocenters. The van der Waals surface area contributed by atoms with Gasteiger partial charge in [-0.3, -0.25) is 14.7 Å². The van der Waals surface area contributed by atoms with Crippen LogP contribution < -0.4 is 15.4 Å². The highest BCUT2D eigenvalue weighted by Crippen LogP contribution is 2.26. The van der Waals surface area contributed by atoms with Crippen molar-refractivity contribution in [2.24, 2.45) is 0 Å². The van der Waals surface area contributed by atoms with E-state index in [0.29, 0.717) is 12.4 Å². The molecule has 1 amide bonds. The first-order chi connectivity index (χ1) is 12.7. The molecule has 0 radical (unpaired) electrons. The van der Waals surface area contributed by atoms with Crippen molar-refractivity contribution in [3.63, 3.8) is 0 Å². The Morgan fingerprint density at radius 3 is 2.81 bits per heavy atom. The van der Waals surface area contributed by atoms with Gasteiger partial charge in [0.25, 0.3) is 0 Å². The topological polar surface area (TPSA) is 68.2 Å². The summed E-state index contributed by atoms with van der Waals surface area (Å²) < 4.78 is 7.21. The molecule has 6 nitrogen and oxygen atoms in total. The Labute approximate surface area is 152 Å². The molecule has 1 aliphatic rings. The molecule has 134 valence electrons. The zero-order valence-corrected chi connectivity index (χ0v) is 14.7. The van der Waals surface area contributed by atoms with Crippen molar-refractivity contribution in [2.75, 3.05) is 19.0 Å². The third-order valence-corrected chi connectivity index (χ3v) is 4.74. The molecule has 0 aliphatic carbocycles. The van der Waals surface area contributed by atoms with Crippen molar-refractivity contribution in [2.45, 2.75) is 25.3 Å². The first-order valence-electron chi connectivity index (χ1n) is 8.90. The van der Waals surface area contributed by atoms with Crippen LogP contribution in [0.3, 0.4) is 0 Å². The number of aromatic nitrogens is 2. The van der Waals surface area contributed by atoms with E-state index in [1.807, 2.05) is 53.1 Å². The molecule has 0 bridgehead atoms. The van der Waals surface area contributed by atoms with Gasteiger partial charge in [0, 0.05) is 18.2 Å². The van der Waals surface area contributed by atoms with Gasteiger partial charge in [-0.2, -0.15) is 0 Å². The van der Waals surface area contributed by atoms with Crippen molar-refractivity contribution in [3.8, 4) is 11.4 Å². The Kier molecular flexibility index (Phi) is 4.58. The molecule has 6 heteroatoms. The van der Waals surface area contributed by atoms with Crippen LogP contribution in [0.25, 0.3) is 16.7 Å². The molecule has 0 spiro atoms. The van der Waals surface area contributed by atoms with E-state index in [0.717, 1.165) is 41.9 Å². The van der Waals surface area contributed by atoms with Crippen LogP contribution in [0.15, 0.2) is 48.5 Å². The lowest BCUT2D eigenvalue weighted by molar-refractivity contribution is -0.116. The van der Waals surface area contributed by atoms with Crippen LogP contribution in [0.4, 0.5) is 5.95 Å². The van der Waals surface area contributed by atoms with E-state index in [-0.39, 0.29) is 11.9 Å². The Morgan fingerprint density at radius 1 is 1.27 bits per heavy atom. The Morgan fingerprint density at radius 2 is 2.08 bits per heavy atom. The molecular formula is C20H22N4O2. The highest BCUT2D eigenvalue weighted by molar-refractivity contribution is 5.92. The van der Waals surface area contributed by atoms with E-state index < -0.39 is 0 Å². The van der Waals surface area contributed by atoms with Crippen molar-refractivity contribution in [1.29, 1.82) is 0 Å². The summed E-state index contributed by atoms with van der Waals surface area (Å²) in [5.41, 5.74) is 2.72. The van der Waals surface area contributed by atoms with Gasteiger partial charge in [0.1, 0.15) is 5.75 Å². The van der Waals surface area contributed by atoms with Crippen molar-refractivity contribution >= 4 is 22.9 Å². The summed E-state index contributed by atoms with van der Waals surface area (Å²) in [4.78, 5) is 17.1. The summed E-state index contributed by atoms with van der Waals surface area (Å²) in [5.74, 6) is 1.31. The maximum Gasteiger partial charge on any atom is 0.228 e.